The molecular formula is C11H22F3NO. The number of alkyl halides is 3. The molecule has 98 valence electrons. The topological polar surface area (TPSA) is 21.3 Å². The summed E-state index contributed by atoms with van der Waals surface area (Å²) in [7, 11) is 3.43. The molecule has 16 heavy (non-hydrogen) atoms. The minimum Gasteiger partial charge on any atom is -0.382 e. The van der Waals surface area contributed by atoms with Gasteiger partial charge in [-0.05, 0) is 39.7 Å². The number of hydrogen-bond acceptors (Lipinski definition) is 2. The van der Waals surface area contributed by atoms with Crippen LogP contribution in [0.1, 0.15) is 39.0 Å². The highest BCUT2D eigenvalue weighted by molar-refractivity contribution is 4.67. The molecule has 0 rings (SSSR count). The van der Waals surface area contributed by atoms with E-state index in [2.05, 4.69) is 5.32 Å². The molecule has 2 unspecified atom stereocenters. The van der Waals surface area contributed by atoms with Gasteiger partial charge in [0.05, 0.1) is 6.10 Å². The Morgan fingerprint density at radius 1 is 1.19 bits per heavy atom. The van der Waals surface area contributed by atoms with Crippen LogP contribution in [0.4, 0.5) is 13.2 Å². The standard InChI is InChI=1S/C11H22F3NO/c1-9(16-3)6-7-10(15-2)5-4-8-11(12,13)14/h9-10,15H,4-8H2,1-3H3. The van der Waals surface area contributed by atoms with Gasteiger partial charge in [0.1, 0.15) is 0 Å². The van der Waals surface area contributed by atoms with Crippen molar-refractivity contribution in [2.75, 3.05) is 14.2 Å². The second-order valence-corrected chi connectivity index (χ2v) is 4.12. The van der Waals surface area contributed by atoms with E-state index in [1.807, 2.05) is 6.92 Å². The van der Waals surface area contributed by atoms with E-state index in [9.17, 15) is 13.2 Å². The van der Waals surface area contributed by atoms with Gasteiger partial charge in [0.2, 0.25) is 0 Å². The van der Waals surface area contributed by atoms with Crippen molar-refractivity contribution in [1.82, 2.24) is 5.32 Å². The second-order valence-electron chi connectivity index (χ2n) is 4.12. The molecule has 2 atom stereocenters. The molecule has 1 N–H and O–H groups in total. The van der Waals surface area contributed by atoms with Crippen LogP contribution < -0.4 is 5.32 Å². The van der Waals surface area contributed by atoms with Gasteiger partial charge in [0, 0.05) is 19.6 Å². The highest BCUT2D eigenvalue weighted by Crippen LogP contribution is 2.23. The predicted octanol–water partition coefficient (Wildman–Crippen LogP) is 3.12. The van der Waals surface area contributed by atoms with Crippen LogP contribution in [0.25, 0.3) is 0 Å². The fourth-order valence-electron chi connectivity index (χ4n) is 1.54. The molecule has 0 aromatic carbocycles. The van der Waals surface area contributed by atoms with Gasteiger partial charge in [-0.15, -0.1) is 0 Å². The maximum Gasteiger partial charge on any atom is 0.389 e. The van der Waals surface area contributed by atoms with Crippen molar-refractivity contribution in [1.29, 1.82) is 0 Å². The first-order valence-corrected chi connectivity index (χ1v) is 5.66. The summed E-state index contributed by atoms with van der Waals surface area (Å²) in [4.78, 5) is 0. The van der Waals surface area contributed by atoms with Crippen molar-refractivity contribution in [2.24, 2.45) is 0 Å². The minimum absolute atomic E-state index is 0.153. The zero-order valence-electron chi connectivity index (χ0n) is 10.2. The molecule has 0 heterocycles. The van der Waals surface area contributed by atoms with Crippen LogP contribution in [0.15, 0.2) is 0 Å². The Morgan fingerprint density at radius 3 is 2.25 bits per heavy atom. The Kier molecular flexibility index (Phi) is 7.76. The summed E-state index contributed by atoms with van der Waals surface area (Å²) in [6, 6.07) is 0.153. The Hall–Kier alpha value is -0.290. The third kappa shape index (κ3) is 8.97. The molecule has 0 bridgehead atoms. The average Bonchev–Trinajstić information content (AvgIpc) is 2.20. The van der Waals surface area contributed by atoms with E-state index in [0.29, 0.717) is 6.42 Å². The fraction of sp³-hybridized carbons (Fsp3) is 1.00. The highest BCUT2D eigenvalue weighted by Gasteiger charge is 2.26. The number of nitrogens with one attached hydrogen (secondary N) is 1. The van der Waals surface area contributed by atoms with E-state index < -0.39 is 12.6 Å². The maximum atomic E-state index is 11.9. The molecular weight excluding hydrogens is 219 g/mol. The van der Waals surface area contributed by atoms with E-state index in [-0.39, 0.29) is 18.6 Å². The van der Waals surface area contributed by atoms with Gasteiger partial charge in [-0.1, -0.05) is 0 Å². The number of halogens is 3. The van der Waals surface area contributed by atoms with E-state index in [4.69, 9.17) is 4.74 Å². The molecule has 0 saturated heterocycles. The first-order valence-electron chi connectivity index (χ1n) is 5.66. The van der Waals surface area contributed by atoms with Gasteiger partial charge in [0.15, 0.2) is 0 Å². The lowest BCUT2D eigenvalue weighted by atomic mass is 10.0. The van der Waals surface area contributed by atoms with Crippen molar-refractivity contribution < 1.29 is 17.9 Å². The molecule has 2 nitrogen and oxygen atoms in total. The van der Waals surface area contributed by atoms with Crippen LogP contribution in [0, 0.1) is 0 Å². The zero-order valence-corrected chi connectivity index (χ0v) is 10.2. The van der Waals surface area contributed by atoms with Crippen LogP contribution >= 0.6 is 0 Å². The normalized spacial score (nSPS) is 16.1. The first-order chi connectivity index (χ1) is 7.39. The van der Waals surface area contributed by atoms with Crippen molar-refractivity contribution in [3.8, 4) is 0 Å². The number of methoxy groups -OCH3 is 1. The van der Waals surface area contributed by atoms with Crippen molar-refractivity contribution >= 4 is 0 Å². The van der Waals surface area contributed by atoms with Crippen LogP contribution in [0.3, 0.4) is 0 Å². The van der Waals surface area contributed by atoms with Crippen LogP contribution in [0.2, 0.25) is 0 Å². The summed E-state index contributed by atoms with van der Waals surface area (Å²) in [6.45, 7) is 1.96. The Morgan fingerprint density at radius 2 is 1.81 bits per heavy atom. The zero-order chi connectivity index (χ0) is 12.6. The molecule has 5 heteroatoms. The first kappa shape index (κ1) is 15.7. The van der Waals surface area contributed by atoms with Gasteiger partial charge in [-0.2, -0.15) is 13.2 Å². The fourth-order valence-corrected chi connectivity index (χ4v) is 1.54. The number of rotatable bonds is 8. The lowest BCUT2D eigenvalue weighted by Gasteiger charge is -2.18. The van der Waals surface area contributed by atoms with E-state index in [0.717, 1.165) is 12.8 Å². The lowest BCUT2D eigenvalue weighted by Crippen LogP contribution is -2.27. The largest absolute Gasteiger partial charge is 0.389 e. The molecule has 0 amide bonds. The van der Waals surface area contributed by atoms with E-state index in [1.54, 1.807) is 14.2 Å². The average molecular weight is 241 g/mol. The summed E-state index contributed by atoms with van der Waals surface area (Å²) >= 11 is 0. The third-order valence-corrected chi connectivity index (χ3v) is 2.75. The predicted molar refractivity (Wildman–Crippen MR) is 58.5 cm³/mol. The molecule has 0 fully saturated rings. The molecule has 0 saturated carbocycles. The molecule has 0 aliphatic rings. The van der Waals surface area contributed by atoms with Crippen molar-refractivity contribution in [2.45, 2.75) is 57.3 Å². The third-order valence-electron chi connectivity index (χ3n) is 2.75. The van der Waals surface area contributed by atoms with Gasteiger partial charge >= 0.3 is 6.18 Å². The minimum atomic E-state index is -4.03. The lowest BCUT2D eigenvalue weighted by molar-refractivity contribution is -0.135. The summed E-state index contributed by atoms with van der Waals surface area (Å²) < 4.78 is 40.9. The van der Waals surface area contributed by atoms with Gasteiger partial charge in [0.25, 0.3) is 0 Å². The van der Waals surface area contributed by atoms with Crippen LogP contribution in [0.5, 0.6) is 0 Å². The molecule has 0 radical (unpaired) electrons. The maximum absolute atomic E-state index is 11.9. The summed E-state index contributed by atoms with van der Waals surface area (Å²) in [5, 5.41) is 3.04. The van der Waals surface area contributed by atoms with E-state index >= 15 is 0 Å². The van der Waals surface area contributed by atoms with Gasteiger partial charge in [-0.3, -0.25) is 0 Å². The van der Waals surface area contributed by atoms with Gasteiger partial charge < -0.3 is 10.1 Å². The monoisotopic (exact) mass is 241 g/mol. The number of hydrogen-bond donors (Lipinski definition) is 1. The summed E-state index contributed by atoms with van der Waals surface area (Å²) in [6.07, 6.45) is -2.08. The number of ether oxygens (including phenoxy) is 1. The Labute approximate surface area is 95.5 Å². The highest BCUT2D eigenvalue weighted by atomic mass is 19.4. The van der Waals surface area contributed by atoms with E-state index in [1.165, 1.54) is 0 Å². The molecule has 0 aromatic rings. The van der Waals surface area contributed by atoms with Crippen molar-refractivity contribution in [3.63, 3.8) is 0 Å². The second kappa shape index (κ2) is 7.90. The summed E-state index contributed by atoms with van der Waals surface area (Å²) in [5.41, 5.74) is 0. The van der Waals surface area contributed by atoms with Crippen LogP contribution in [-0.4, -0.2) is 32.5 Å². The van der Waals surface area contributed by atoms with Gasteiger partial charge in [-0.25, -0.2) is 0 Å². The van der Waals surface area contributed by atoms with Crippen molar-refractivity contribution in [3.05, 3.63) is 0 Å². The van der Waals surface area contributed by atoms with Crippen LogP contribution in [-0.2, 0) is 4.74 Å². The molecule has 0 aliphatic heterocycles. The smallest absolute Gasteiger partial charge is 0.382 e. The Bertz CT molecular complexity index is 173. The summed E-state index contributed by atoms with van der Waals surface area (Å²) in [5.74, 6) is 0. The molecule has 0 aromatic heterocycles. The molecule has 0 spiro atoms. The Balaban J connectivity index is 3.67. The quantitative estimate of drug-likeness (QED) is 0.705. The SMILES string of the molecule is CNC(CCCC(F)(F)F)CCC(C)OC. The molecule has 0 aliphatic carbocycles.